The van der Waals surface area contributed by atoms with Gasteiger partial charge in [-0.3, -0.25) is 9.48 Å². The Labute approximate surface area is 144 Å². The summed E-state index contributed by atoms with van der Waals surface area (Å²) in [6.45, 7) is 1.85. The highest BCUT2D eigenvalue weighted by Crippen LogP contribution is 2.19. The molecule has 0 aliphatic carbocycles. The average molecular weight is 352 g/mol. The fourth-order valence-electron chi connectivity index (χ4n) is 2.03. The number of carboxylic acid groups (broad SMARTS) is 1. The first-order chi connectivity index (χ1) is 11.4. The van der Waals surface area contributed by atoms with E-state index in [1.807, 2.05) is 12.1 Å². The van der Waals surface area contributed by atoms with Crippen LogP contribution >= 0.6 is 11.6 Å². The maximum Gasteiger partial charge on any atom is 0.341 e. The fraction of sp³-hybridized carbons (Fsp3) is 0.312. The van der Waals surface area contributed by atoms with Crippen LogP contribution in [0.25, 0.3) is 0 Å². The van der Waals surface area contributed by atoms with E-state index < -0.39 is 5.97 Å². The standard InChI is InChI=1S/C16H18ClN3O4/c1-10-14(17)15(19-20(10)2)16(23)18-8-7-11-3-5-12(6-4-11)24-9-13(21)22/h3-6H,7-9H2,1-2H3,(H,18,23)(H,21,22). The van der Waals surface area contributed by atoms with Crippen LogP contribution in [-0.2, 0) is 18.3 Å². The summed E-state index contributed by atoms with van der Waals surface area (Å²) in [6, 6.07) is 7.03. The second-order valence-corrected chi connectivity index (χ2v) is 5.58. The number of carboxylic acids is 1. The van der Waals surface area contributed by atoms with Crippen molar-refractivity contribution >= 4 is 23.5 Å². The van der Waals surface area contributed by atoms with Crippen molar-refractivity contribution in [3.05, 3.63) is 46.2 Å². The van der Waals surface area contributed by atoms with Crippen LogP contribution < -0.4 is 10.1 Å². The SMILES string of the molecule is Cc1c(Cl)c(C(=O)NCCc2ccc(OCC(=O)O)cc2)nn1C. The van der Waals surface area contributed by atoms with Crippen molar-refractivity contribution in [2.75, 3.05) is 13.2 Å². The van der Waals surface area contributed by atoms with E-state index in [2.05, 4.69) is 10.4 Å². The minimum absolute atomic E-state index is 0.217. The molecule has 0 bridgehead atoms. The molecule has 2 N–H and O–H groups in total. The third kappa shape index (κ3) is 4.48. The van der Waals surface area contributed by atoms with Gasteiger partial charge in [0.2, 0.25) is 0 Å². The predicted molar refractivity (Wildman–Crippen MR) is 88.6 cm³/mol. The van der Waals surface area contributed by atoms with Gasteiger partial charge in [-0.15, -0.1) is 0 Å². The topological polar surface area (TPSA) is 93.4 Å². The molecular formula is C16H18ClN3O4. The molecule has 0 saturated carbocycles. The number of ether oxygens (including phenoxy) is 1. The Morgan fingerprint density at radius 2 is 2.00 bits per heavy atom. The maximum absolute atomic E-state index is 12.1. The molecule has 0 saturated heterocycles. The summed E-state index contributed by atoms with van der Waals surface area (Å²) >= 11 is 6.07. The van der Waals surface area contributed by atoms with Crippen molar-refractivity contribution in [1.29, 1.82) is 0 Å². The number of nitrogens with one attached hydrogen (secondary N) is 1. The van der Waals surface area contributed by atoms with Crippen LogP contribution in [0.4, 0.5) is 0 Å². The number of aliphatic carboxylic acids is 1. The first kappa shape index (κ1) is 17.8. The molecule has 0 fully saturated rings. The fourth-order valence-corrected chi connectivity index (χ4v) is 2.27. The Bertz CT molecular complexity index is 741. The molecule has 0 radical (unpaired) electrons. The molecule has 0 spiro atoms. The van der Waals surface area contributed by atoms with Gasteiger partial charge in [0, 0.05) is 13.6 Å². The molecule has 0 unspecified atom stereocenters. The number of aryl methyl sites for hydroxylation is 1. The predicted octanol–water partition coefficient (Wildman–Crippen LogP) is 1.82. The van der Waals surface area contributed by atoms with Gasteiger partial charge >= 0.3 is 5.97 Å². The summed E-state index contributed by atoms with van der Waals surface area (Å²) < 4.78 is 6.62. The quantitative estimate of drug-likeness (QED) is 0.793. The van der Waals surface area contributed by atoms with Crippen LogP contribution in [0.1, 0.15) is 21.7 Å². The number of nitrogens with zero attached hydrogens (tertiary/aromatic N) is 2. The molecule has 7 nitrogen and oxygen atoms in total. The molecule has 128 valence electrons. The highest BCUT2D eigenvalue weighted by Gasteiger charge is 2.17. The maximum atomic E-state index is 12.1. The van der Waals surface area contributed by atoms with Gasteiger partial charge in [-0.2, -0.15) is 5.10 Å². The molecule has 1 aromatic heterocycles. The van der Waals surface area contributed by atoms with Crippen molar-refractivity contribution in [2.45, 2.75) is 13.3 Å². The summed E-state index contributed by atoms with van der Waals surface area (Å²) in [5.41, 5.74) is 1.94. The van der Waals surface area contributed by atoms with Crippen LogP contribution in [0.15, 0.2) is 24.3 Å². The number of benzene rings is 1. The Balaban J connectivity index is 1.84. The molecule has 1 aromatic carbocycles. The van der Waals surface area contributed by atoms with E-state index in [9.17, 15) is 9.59 Å². The van der Waals surface area contributed by atoms with Gasteiger partial charge in [0.15, 0.2) is 12.3 Å². The molecule has 0 aliphatic heterocycles. The van der Waals surface area contributed by atoms with Gasteiger partial charge in [-0.25, -0.2) is 4.79 Å². The van der Waals surface area contributed by atoms with E-state index >= 15 is 0 Å². The van der Waals surface area contributed by atoms with Crippen LogP contribution in [0, 0.1) is 6.92 Å². The summed E-state index contributed by atoms with van der Waals surface area (Å²) in [6.07, 6.45) is 0.619. The smallest absolute Gasteiger partial charge is 0.341 e. The number of carbonyl (C=O) groups excluding carboxylic acids is 1. The highest BCUT2D eigenvalue weighted by atomic mass is 35.5. The van der Waals surface area contributed by atoms with Gasteiger partial charge in [0.05, 0.1) is 10.7 Å². The summed E-state index contributed by atoms with van der Waals surface area (Å²) in [4.78, 5) is 22.5. The second kappa shape index (κ2) is 7.83. The van der Waals surface area contributed by atoms with Gasteiger partial charge in [-0.05, 0) is 31.0 Å². The lowest BCUT2D eigenvalue weighted by Crippen LogP contribution is -2.26. The van der Waals surface area contributed by atoms with Crippen LogP contribution in [0.3, 0.4) is 0 Å². The van der Waals surface area contributed by atoms with Crippen molar-refractivity contribution in [2.24, 2.45) is 7.05 Å². The zero-order valence-electron chi connectivity index (χ0n) is 13.4. The number of aromatic nitrogens is 2. The zero-order valence-corrected chi connectivity index (χ0v) is 14.1. The molecule has 24 heavy (non-hydrogen) atoms. The molecule has 1 heterocycles. The Morgan fingerprint density at radius 3 is 2.54 bits per heavy atom. The lowest BCUT2D eigenvalue weighted by atomic mass is 10.1. The van der Waals surface area contributed by atoms with Gasteiger partial charge in [0.1, 0.15) is 5.75 Å². The Kier molecular flexibility index (Phi) is 5.81. The summed E-state index contributed by atoms with van der Waals surface area (Å²) in [5, 5.41) is 15.8. The average Bonchev–Trinajstić information content (AvgIpc) is 2.81. The van der Waals surface area contributed by atoms with Crippen molar-refractivity contribution in [3.8, 4) is 5.75 Å². The summed E-state index contributed by atoms with van der Waals surface area (Å²) in [7, 11) is 1.73. The molecule has 2 rings (SSSR count). The number of amides is 1. The van der Waals surface area contributed by atoms with Gasteiger partial charge < -0.3 is 15.2 Å². The van der Waals surface area contributed by atoms with Crippen molar-refractivity contribution in [3.63, 3.8) is 0 Å². The third-order valence-corrected chi connectivity index (χ3v) is 3.91. The number of halogens is 1. The van der Waals surface area contributed by atoms with Crippen LogP contribution in [0.2, 0.25) is 5.02 Å². The molecule has 0 aliphatic rings. The van der Waals surface area contributed by atoms with E-state index in [0.29, 0.717) is 23.7 Å². The van der Waals surface area contributed by atoms with Gasteiger partial charge in [0.25, 0.3) is 5.91 Å². The van der Waals surface area contributed by atoms with E-state index in [1.54, 1.807) is 30.8 Å². The minimum Gasteiger partial charge on any atom is -0.482 e. The van der Waals surface area contributed by atoms with E-state index in [0.717, 1.165) is 11.3 Å². The molecule has 8 heteroatoms. The number of carbonyl (C=O) groups is 2. The third-order valence-electron chi connectivity index (χ3n) is 3.46. The minimum atomic E-state index is -1.02. The van der Waals surface area contributed by atoms with E-state index in [1.165, 1.54) is 0 Å². The largest absolute Gasteiger partial charge is 0.482 e. The van der Waals surface area contributed by atoms with Crippen molar-refractivity contribution in [1.82, 2.24) is 15.1 Å². The molecular weight excluding hydrogens is 334 g/mol. The Hall–Kier alpha value is -2.54. The van der Waals surface area contributed by atoms with Crippen LogP contribution in [0.5, 0.6) is 5.75 Å². The molecule has 1 amide bonds. The first-order valence-electron chi connectivity index (χ1n) is 7.29. The summed E-state index contributed by atoms with van der Waals surface area (Å²) in [5.74, 6) is -0.851. The second-order valence-electron chi connectivity index (χ2n) is 5.20. The molecule has 0 atom stereocenters. The normalized spacial score (nSPS) is 10.5. The lowest BCUT2D eigenvalue weighted by molar-refractivity contribution is -0.139. The number of hydrogen-bond donors (Lipinski definition) is 2. The van der Waals surface area contributed by atoms with E-state index in [-0.39, 0.29) is 18.2 Å². The van der Waals surface area contributed by atoms with E-state index in [4.69, 9.17) is 21.4 Å². The molecule has 2 aromatic rings. The Morgan fingerprint density at radius 1 is 1.33 bits per heavy atom. The number of rotatable bonds is 7. The monoisotopic (exact) mass is 351 g/mol. The van der Waals surface area contributed by atoms with Gasteiger partial charge in [-0.1, -0.05) is 23.7 Å². The first-order valence-corrected chi connectivity index (χ1v) is 7.67. The van der Waals surface area contributed by atoms with Crippen LogP contribution in [-0.4, -0.2) is 39.9 Å². The number of hydrogen-bond acceptors (Lipinski definition) is 4. The highest BCUT2D eigenvalue weighted by molar-refractivity contribution is 6.34. The van der Waals surface area contributed by atoms with Crippen molar-refractivity contribution < 1.29 is 19.4 Å². The lowest BCUT2D eigenvalue weighted by Gasteiger charge is -2.06. The zero-order chi connectivity index (χ0) is 17.7.